The first-order valence-electron chi connectivity index (χ1n) is 6.32. The van der Waals surface area contributed by atoms with Gasteiger partial charge in [0.1, 0.15) is 6.54 Å². The number of hydrogen-bond donors (Lipinski definition) is 0. The predicted molar refractivity (Wildman–Crippen MR) is 78.1 cm³/mol. The van der Waals surface area contributed by atoms with Gasteiger partial charge in [0.2, 0.25) is 0 Å². The van der Waals surface area contributed by atoms with Crippen molar-refractivity contribution < 1.29 is 19.1 Å². The zero-order valence-electron chi connectivity index (χ0n) is 11.6. The average Bonchev–Trinajstić information content (AvgIpc) is 2.67. The number of carbonyl (C=O) groups is 3. The lowest BCUT2D eigenvalue weighted by atomic mass is 10.2. The third kappa shape index (κ3) is 3.91. The summed E-state index contributed by atoms with van der Waals surface area (Å²) in [6, 6.07) is 3.50. The summed E-state index contributed by atoms with van der Waals surface area (Å²) >= 11 is 0.800. The van der Waals surface area contributed by atoms with Crippen LogP contribution in [0, 0.1) is 0 Å². The molecule has 0 unspecified atom stereocenters. The summed E-state index contributed by atoms with van der Waals surface area (Å²) in [4.78, 5) is 40.6. The molecule has 6 nitrogen and oxygen atoms in total. The highest BCUT2D eigenvalue weighted by Gasteiger charge is 2.36. The molecule has 1 aliphatic rings. The summed E-state index contributed by atoms with van der Waals surface area (Å²) in [5.74, 6) is -1.09. The molecule has 0 spiro atoms. The Kier molecular flexibility index (Phi) is 4.74. The van der Waals surface area contributed by atoms with Crippen LogP contribution in [0.2, 0.25) is 0 Å². The van der Waals surface area contributed by atoms with E-state index in [1.807, 2.05) is 0 Å². The van der Waals surface area contributed by atoms with Crippen LogP contribution in [0.15, 0.2) is 29.4 Å². The van der Waals surface area contributed by atoms with Crippen LogP contribution in [0.4, 0.5) is 4.79 Å². The minimum absolute atomic E-state index is 0.269. The number of hydrogen-bond acceptors (Lipinski definition) is 6. The summed E-state index contributed by atoms with van der Waals surface area (Å²) in [7, 11) is 0. The minimum atomic E-state index is -0.602. The molecule has 0 aliphatic carbocycles. The van der Waals surface area contributed by atoms with E-state index in [4.69, 9.17) is 4.74 Å². The third-order valence-corrected chi connectivity index (χ3v) is 3.42. The van der Waals surface area contributed by atoms with Crippen molar-refractivity contribution in [2.24, 2.45) is 0 Å². The van der Waals surface area contributed by atoms with Gasteiger partial charge in [0.15, 0.2) is 0 Å². The lowest BCUT2D eigenvalue weighted by Crippen LogP contribution is -2.35. The van der Waals surface area contributed by atoms with Crippen LogP contribution >= 0.6 is 11.8 Å². The highest BCUT2D eigenvalue weighted by atomic mass is 32.2. The van der Waals surface area contributed by atoms with Crippen LogP contribution in [-0.4, -0.2) is 39.6 Å². The molecule has 0 atom stereocenters. The Hall–Kier alpha value is -2.15. The van der Waals surface area contributed by atoms with E-state index in [0.717, 1.165) is 16.7 Å². The van der Waals surface area contributed by atoms with E-state index < -0.39 is 17.1 Å². The molecule has 0 aromatic carbocycles. The van der Waals surface area contributed by atoms with E-state index in [-0.39, 0.29) is 17.6 Å². The van der Waals surface area contributed by atoms with Gasteiger partial charge in [-0.05, 0) is 43.3 Å². The molecule has 0 saturated carbocycles. The van der Waals surface area contributed by atoms with E-state index in [0.29, 0.717) is 5.56 Å². The summed E-state index contributed by atoms with van der Waals surface area (Å²) in [6.07, 6.45) is 4.49. The number of rotatable bonds is 4. The number of ether oxygens (including phenoxy) is 1. The van der Waals surface area contributed by atoms with Crippen LogP contribution in [0.25, 0.3) is 6.08 Å². The molecule has 1 fully saturated rings. The van der Waals surface area contributed by atoms with Gasteiger partial charge in [-0.25, -0.2) is 0 Å². The van der Waals surface area contributed by atoms with Crippen molar-refractivity contribution in [1.82, 2.24) is 9.88 Å². The van der Waals surface area contributed by atoms with E-state index in [1.54, 1.807) is 44.4 Å². The topological polar surface area (TPSA) is 76.6 Å². The van der Waals surface area contributed by atoms with Gasteiger partial charge in [-0.3, -0.25) is 24.3 Å². The minimum Gasteiger partial charge on any atom is -0.462 e. The number of carbonyl (C=O) groups excluding carboxylic acids is 3. The summed E-state index contributed by atoms with van der Waals surface area (Å²) in [5.41, 5.74) is 0.716. The summed E-state index contributed by atoms with van der Waals surface area (Å²) in [6.45, 7) is 3.04. The van der Waals surface area contributed by atoms with E-state index >= 15 is 0 Å². The average molecular weight is 306 g/mol. The van der Waals surface area contributed by atoms with Crippen molar-refractivity contribution in [2.45, 2.75) is 20.0 Å². The highest BCUT2D eigenvalue weighted by molar-refractivity contribution is 8.18. The molecule has 1 aromatic rings. The van der Waals surface area contributed by atoms with Crippen LogP contribution < -0.4 is 0 Å². The summed E-state index contributed by atoms with van der Waals surface area (Å²) in [5, 5.41) is -0.476. The zero-order valence-corrected chi connectivity index (χ0v) is 12.4. The second kappa shape index (κ2) is 6.53. The fraction of sp³-hybridized carbons (Fsp3) is 0.286. The Morgan fingerprint density at radius 1 is 1.48 bits per heavy atom. The Morgan fingerprint density at radius 2 is 2.24 bits per heavy atom. The Morgan fingerprint density at radius 3 is 2.86 bits per heavy atom. The van der Waals surface area contributed by atoms with E-state index in [1.165, 1.54) is 0 Å². The molecular formula is C14H14N2O4S. The van der Waals surface area contributed by atoms with Gasteiger partial charge in [-0.1, -0.05) is 6.07 Å². The van der Waals surface area contributed by atoms with Gasteiger partial charge in [0, 0.05) is 12.4 Å². The Labute approximate surface area is 126 Å². The molecule has 0 radical (unpaired) electrons. The molecule has 1 saturated heterocycles. The first kappa shape index (κ1) is 15.2. The van der Waals surface area contributed by atoms with Gasteiger partial charge in [0.25, 0.3) is 11.1 Å². The maximum atomic E-state index is 12.1. The first-order valence-corrected chi connectivity index (χ1v) is 7.14. The quantitative estimate of drug-likeness (QED) is 0.626. The normalized spacial score (nSPS) is 16.9. The number of pyridine rings is 1. The molecule has 2 rings (SSSR count). The van der Waals surface area contributed by atoms with Crippen molar-refractivity contribution in [3.05, 3.63) is 35.0 Å². The monoisotopic (exact) mass is 306 g/mol. The van der Waals surface area contributed by atoms with Crippen molar-refractivity contribution >= 4 is 35.0 Å². The van der Waals surface area contributed by atoms with E-state index in [2.05, 4.69) is 4.98 Å². The lowest BCUT2D eigenvalue weighted by Gasteiger charge is -2.13. The van der Waals surface area contributed by atoms with Gasteiger partial charge < -0.3 is 4.74 Å². The predicted octanol–water partition coefficient (Wildman–Crippen LogP) is 2.07. The molecule has 21 heavy (non-hydrogen) atoms. The fourth-order valence-corrected chi connectivity index (χ4v) is 2.52. The molecule has 0 N–H and O–H groups in total. The SMILES string of the molecule is CC(C)OC(=O)CN1C(=O)S/C(=C\c2cccnc2)C1=O. The van der Waals surface area contributed by atoms with Crippen LogP contribution in [0.5, 0.6) is 0 Å². The number of thioether (sulfide) groups is 1. The molecule has 1 aromatic heterocycles. The number of amides is 2. The largest absolute Gasteiger partial charge is 0.462 e. The fourth-order valence-electron chi connectivity index (χ4n) is 1.68. The highest BCUT2D eigenvalue weighted by Crippen LogP contribution is 2.31. The molecule has 110 valence electrons. The summed E-state index contributed by atoms with van der Waals surface area (Å²) < 4.78 is 4.94. The van der Waals surface area contributed by atoms with Crippen LogP contribution in [0.3, 0.4) is 0 Å². The number of nitrogens with zero attached hydrogens (tertiary/aromatic N) is 2. The first-order chi connectivity index (χ1) is 9.97. The molecule has 2 amide bonds. The standard InChI is InChI=1S/C14H14N2O4S/c1-9(2)20-12(17)8-16-13(18)11(21-14(16)19)6-10-4-3-5-15-7-10/h3-7,9H,8H2,1-2H3/b11-6-. The Balaban J connectivity index is 2.10. The number of esters is 1. The van der Waals surface area contributed by atoms with Crippen LogP contribution in [-0.2, 0) is 14.3 Å². The smallest absolute Gasteiger partial charge is 0.326 e. The number of imide groups is 1. The Bertz CT molecular complexity index is 598. The van der Waals surface area contributed by atoms with Gasteiger partial charge >= 0.3 is 5.97 Å². The molecule has 1 aliphatic heterocycles. The van der Waals surface area contributed by atoms with Crippen molar-refractivity contribution in [1.29, 1.82) is 0 Å². The zero-order chi connectivity index (χ0) is 15.4. The maximum Gasteiger partial charge on any atom is 0.326 e. The van der Waals surface area contributed by atoms with Gasteiger partial charge in [0.05, 0.1) is 11.0 Å². The van der Waals surface area contributed by atoms with Crippen molar-refractivity contribution in [3.8, 4) is 0 Å². The molecule has 2 heterocycles. The van der Waals surface area contributed by atoms with Crippen molar-refractivity contribution in [2.75, 3.05) is 6.54 Å². The van der Waals surface area contributed by atoms with Crippen LogP contribution in [0.1, 0.15) is 19.4 Å². The third-order valence-electron chi connectivity index (χ3n) is 2.51. The molecule has 7 heteroatoms. The second-order valence-electron chi connectivity index (χ2n) is 4.59. The van der Waals surface area contributed by atoms with Gasteiger partial charge in [-0.2, -0.15) is 0 Å². The lowest BCUT2D eigenvalue weighted by molar-refractivity contribution is -0.149. The maximum absolute atomic E-state index is 12.1. The van der Waals surface area contributed by atoms with E-state index in [9.17, 15) is 14.4 Å². The van der Waals surface area contributed by atoms with Crippen molar-refractivity contribution in [3.63, 3.8) is 0 Å². The molecular weight excluding hydrogens is 292 g/mol. The van der Waals surface area contributed by atoms with Gasteiger partial charge in [-0.15, -0.1) is 0 Å². The molecule has 0 bridgehead atoms. The number of aromatic nitrogens is 1. The second-order valence-corrected chi connectivity index (χ2v) is 5.59.